The van der Waals surface area contributed by atoms with Gasteiger partial charge in [-0.1, -0.05) is 0 Å². The number of furan rings is 1. The minimum Gasteiger partial charge on any atom is -0.440 e. The zero-order valence-electron chi connectivity index (χ0n) is 13.8. The van der Waals surface area contributed by atoms with Crippen LogP contribution in [0.2, 0.25) is 5.22 Å². The van der Waals surface area contributed by atoms with Gasteiger partial charge in [-0.2, -0.15) is 0 Å². The molecule has 0 atom stereocenters. The molecule has 0 spiro atoms. The van der Waals surface area contributed by atoms with Gasteiger partial charge in [0.1, 0.15) is 5.56 Å². The van der Waals surface area contributed by atoms with E-state index in [4.69, 9.17) is 16.0 Å². The largest absolute Gasteiger partial charge is 0.440 e. The Kier molecular flexibility index (Phi) is 4.94. The number of aromatic nitrogens is 1. The first kappa shape index (κ1) is 17.3. The van der Waals surface area contributed by atoms with E-state index in [-0.39, 0.29) is 33.9 Å². The van der Waals surface area contributed by atoms with Crippen molar-refractivity contribution < 1.29 is 14.0 Å². The highest BCUT2D eigenvalue weighted by atomic mass is 35.5. The van der Waals surface area contributed by atoms with Crippen molar-refractivity contribution >= 4 is 23.4 Å². The fraction of sp³-hybridized carbons (Fsp3) is 0.353. The number of aryl methyl sites for hydroxylation is 1. The van der Waals surface area contributed by atoms with Crippen molar-refractivity contribution in [3.8, 4) is 0 Å². The summed E-state index contributed by atoms with van der Waals surface area (Å²) in [6.45, 7) is 1.72. The van der Waals surface area contributed by atoms with Gasteiger partial charge < -0.3 is 18.8 Å². The lowest BCUT2D eigenvalue weighted by atomic mass is 10.2. The zero-order chi connectivity index (χ0) is 18.0. The lowest BCUT2D eigenvalue weighted by Crippen LogP contribution is -2.39. The third-order valence-corrected chi connectivity index (χ3v) is 4.41. The quantitative estimate of drug-likeness (QED) is 0.812. The second-order valence-electron chi connectivity index (χ2n) is 5.88. The van der Waals surface area contributed by atoms with E-state index >= 15 is 0 Å². The molecule has 1 aliphatic rings. The maximum Gasteiger partial charge on any atom is 0.289 e. The van der Waals surface area contributed by atoms with Crippen molar-refractivity contribution in [3.05, 3.63) is 57.4 Å². The predicted octanol–water partition coefficient (Wildman–Crippen LogP) is 1.62. The molecule has 7 nitrogen and oxygen atoms in total. The number of hydrogen-bond donors (Lipinski definition) is 0. The van der Waals surface area contributed by atoms with Crippen LogP contribution in [-0.4, -0.2) is 52.4 Å². The summed E-state index contributed by atoms with van der Waals surface area (Å²) in [6.07, 6.45) is 2.23. The number of nitrogens with zero attached hydrogens (tertiary/aromatic N) is 3. The highest BCUT2D eigenvalue weighted by Crippen LogP contribution is 2.16. The summed E-state index contributed by atoms with van der Waals surface area (Å²) in [4.78, 5) is 40.4. The van der Waals surface area contributed by atoms with Crippen LogP contribution < -0.4 is 5.56 Å². The normalized spacial score (nSPS) is 15.1. The Bertz CT molecular complexity index is 858. The van der Waals surface area contributed by atoms with Gasteiger partial charge in [0.2, 0.25) is 0 Å². The first-order valence-electron chi connectivity index (χ1n) is 7.97. The van der Waals surface area contributed by atoms with Crippen molar-refractivity contribution in [2.45, 2.75) is 6.42 Å². The third-order valence-electron chi connectivity index (χ3n) is 4.21. The fourth-order valence-corrected chi connectivity index (χ4v) is 2.99. The number of pyridine rings is 1. The first-order chi connectivity index (χ1) is 12.0. The van der Waals surface area contributed by atoms with Gasteiger partial charge in [0.15, 0.2) is 11.0 Å². The van der Waals surface area contributed by atoms with Crippen LogP contribution in [0.3, 0.4) is 0 Å². The summed E-state index contributed by atoms with van der Waals surface area (Å²) in [7, 11) is 1.61. The van der Waals surface area contributed by atoms with E-state index in [2.05, 4.69) is 0 Å². The van der Waals surface area contributed by atoms with E-state index in [1.54, 1.807) is 29.1 Å². The summed E-state index contributed by atoms with van der Waals surface area (Å²) < 4.78 is 6.54. The first-order valence-corrected chi connectivity index (χ1v) is 8.34. The Hall–Kier alpha value is -2.54. The average molecular weight is 364 g/mol. The molecule has 0 aromatic carbocycles. The Morgan fingerprint density at radius 1 is 1.04 bits per heavy atom. The molecule has 132 valence electrons. The number of halogens is 1. The van der Waals surface area contributed by atoms with Gasteiger partial charge in [-0.25, -0.2) is 0 Å². The number of carbonyl (C=O) groups excluding carboxylic acids is 2. The van der Waals surface area contributed by atoms with Gasteiger partial charge in [0.25, 0.3) is 17.4 Å². The molecule has 0 saturated carbocycles. The lowest BCUT2D eigenvalue weighted by molar-refractivity contribution is 0.0699. The second-order valence-corrected chi connectivity index (χ2v) is 6.25. The molecule has 0 bridgehead atoms. The van der Waals surface area contributed by atoms with Crippen LogP contribution in [-0.2, 0) is 7.05 Å². The molecule has 1 saturated heterocycles. The predicted molar refractivity (Wildman–Crippen MR) is 91.8 cm³/mol. The number of amides is 2. The zero-order valence-corrected chi connectivity index (χ0v) is 14.5. The lowest BCUT2D eigenvalue weighted by Gasteiger charge is -2.21. The van der Waals surface area contributed by atoms with E-state index < -0.39 is 0 Å². The summed E-state index contributed by atoms with van der Waals surface area (Å²) in [6, 6.07) is 6.26. The van der Waals surface area contributed by atoms with Crippen LogP contribution in [0.1, 0.15) is 27.3 Å². The molecule has 1 aliphatic heterocycles. The van der Waals surface area contributed by atoms with E-state index in [0.29, 0.717) is 32.6 Å². The Morgan fingerprint density at radius 3 is 2.36 bits per heavy atom. The molecule has 1 fully saturated rings. The minimum absolute atomic E-state index is 0.141. The molecule has 0 unspecified atom stereocenters. The number of hydrogen-bond acceptors (Lipinski definition) is 4. The maximum absolute atomic E-state index is 12.6. The molecular formula is C17H18ClN3O4. The third kappa shape index (κ3) is 3.61. The molecule has 0 N–H and O–H groups in total. The summed E-state index contributed by atoms with van der Waals surface area (Å²) in [5.74, 6) is -0.380. The molecule has 8 heteroatoms. The van der Waals surface area contributed by atoms with Crippen molar-refractivity contribution in [2.24, 2.45) is 7.05 Å². The Balaban J connectivity index is 1.71. The maximum atomic E-state index is 12.6. The topological polar surface area (TPSA) is 75.8 Å². The highest BCUT2D eigenvalue weighted by molar-refractivity contribution is 6.29. The summed E-state index contributed by atoms with van der Waals surface area (Å²) in [5.41, 5.74) is -0.183. The van der Waals surface area contributed by atoms with Crippen LogP contribution in [0.25, 0.3) is 0 Å². The van der Waals surface area contributed by atoms with Crippen LogP contribution in [0.5, 0.6) is 0 Å². The molecule has 2 aromatic heterocycles. The molecular weight excluding hydrogens is 346 g/mol. The molecule has 25 heavy (non-hydrogen) atoms. The molecule has 2 amide bonds. The van der Waals surface area contributed by atoms with Crippen LogP contribution >= 0.6 is 11.6 Å². The van der Waals surface area contributed by atoms with Gasteiger partial charge in [-0.15, -0.1) is 0 Å². The van der Waals surface area contributed by atoms with E-state index in [0.717, 1.165) is 0 Å². The van der Waals surface area contributed by atoms with Crippen LogP contribution in [0, 0.1) is 0 Å². The smallest absolute Gasteiger partial charge is 0.289 e. The van der Waals surface area contributed by atoms with Crippen molar-refractivity contribution in [2.75, 3.05) is 26.2 Å². The molecule has 3 heterocycles. The van der Waals surface area contributed by atoms with Gasteiger partial charge in [-0.3, -0.25) is 14.4 Å². The van der Waals surface area contributed by atoms with Crippen LogP contribution in [0.15, 0.2) is 39.7 Å². The van der Waals surface area contributed by atoms with Crippen molar-refractivity contribution in [3.63, 3.8) is 0 Å². The molecule has 0 radical (unpaired) electrons. The summed E-state index contributed by atoms with van der Waals surface area (Å²) in [5, 5.41) is 0.162. The Labute approximate surface area is 149 Å². The monoisotopic (exact) mass is 363 g/mol. The standard InChI is InChI=1S/C17H18ClN3O4/c1-19-7-2-4-12(15(19)22)16(23)20-8-3-9-21(11-10-20)17(24)13-5-6-14(18)25-13/h2,4-7H,3,8-11H2,1H3. The van der Waals surface area contributed by atoms with Crippen LogP contribution in [0.4, 0.5) is 0 Å². The van der Waals surface area contributed by atoms with Gasteiger partial charge in [-0.05, 0) is 42.3 Å². The fourth-order valence-electron chi connectivity index (χ4n) is 2.84. The number of carbonyl (C=O) groups is 2. The molecule has 2 aromatic rings. The Morgan fingerprint density at radius 2 is 1.72 bits per heavy atom. The molecule has 0 aliphatic carbocycles. The van der Waals surface area contributed by atoms with Gasteiger partial charge in [0.05, 0.1) is 0 Å². The van der Waals surface area contributed by atoms with E-state index in [9.17, 15) is 14.4 Å². The van der Waals surface area contributed by atoms with Gasteiger partial charge >= 0.3 is 0 Å². The average Bonchev–Trinajstić information content (AvgIpc) is 2.89. The number of rotatable bonds is 2. The van der Waals surface area contributed by atoms with Gasteiger partial charge in [0, 0.05) is 39.4 Å². The van der Waals surface area contributed by atoms with Crippen molar-refractivity contribution in [1.82, 2.24) is 14.4 Å². The SMILES string of the molecule is Cn1cccc(C(=O)N2CCCN(C(=O)c3ccc(Cl)o3)CC2)c1=O. The molecule has 3 rings (SSSR count). The highest BCUT2D eigenvalue weighted by Gasteiger charge is 2.26. The second kappa shape index (κ2) is 7.14. The van der Waals surface area contributed by atoms with E-state index in [1.165, 1.54) is 22.8 Å². The van der Waals surface area contributed by atoms with E-state index in [1.807, 2.05) is 0 Å². The van der Waals surface area contributed by atoms with Crippen molar-refractivity contribution in [1.29, 1.82) is 0 Å². The summed E-state index contributed by atoms with van der Waals surface area (Å²) >= 11 is 5.71. The minimum atomic E-state index is -0.324.